The van der Waals surface area contributed by atoms with E-state index in [4.69, 9.17) is 5.11 Å². The van der Waals surface area contributed by atoms with Gasteiger partial charge in [0.15, 0.2) is 0 Å². The lowest BCUT2D eigenvalue weighted by atomic mass is 10.2. The van der Waals surface area contributed by atoms with Crippen LogP contribution >= 0.6 is 11.8 Å². The Bertz CT molecular complexity index is 1160. The van der Waals surface area contributed by atoms with Crippen molar-refractivity contribution in [3.8, 4) is 0 Å². The molecule has 0 aliphatic carbocycles. The predicted molar refractivity (Wildman–Crippen MR) is 136 cm³/mol. The highest BCUT2D eigenvalue weighted by atomic mass is 32.2. The third-order valence-electron chi connectivity index (χ3n) is 4.78. The molecule has 0 spiro atoms. The quantitative estimate of drug-likeness (QED) is 0.359. The molecule has 2 aromatic carbocycles. The van der Waals surface area contributed by atoms with Gasteiger partial charge in [-0.15, -0.1) is 11.8 Å². The van der Waals surface area contributed by atoms with E-state index >= 15 is 0 Å². The minimum absolute atomic E-state index is 0.0691. The van der Waals surface area contributed by atoms with E-state index in [1.54, 1.807) is 24.3 Å². The van der Waals surface area contributed by atoms with Crippen molar-refractivity contribution in [2.45, 2.75) is 49.6 Å². The first kappa shape index (κ1) is 28.3. The number of nitrogens with zero attached hydrogens (tertiary/aromatic N) is 1. The summed E-state index contributed by atoms with van der Waals surface area (Å²) in [6, 6.07) is 12.2. The minimum atomic E-state index is -3.69. The van der Waals surface area contributed by atoms with Gasteiger partial charge in [0.1, 0.15) is 5.83 Å². The van der Waals surface area contributed by atoms with E-state index < -0.39 is 27.9 Å². The Kier molecular flexibility index (Phi) is 10.3. The van der Waals surface area contributed by atoms with Crippen LogP contribution in [0.3, 0.4) is 0 Å². The van der Waals surface area contributed by atoms with E-state index in [1.165, 1.54) is 28.6 Å². The van der Waals surface area contributed by atoms with E-state index in [2.05, 4.69) is 5.32 Å². The fourth-order valence-corrected chi connectivity index (χ4v) is 6.15. The lowest BCUT2D eigenvalue weighted by Crippen LogP contribution is -2.41. The van der Waals surface area contributed by atoms with Crippen LogP contribution in [0.5, 0.6) is 0 Å². The molecule has 0 fully saturated rings. The second kappa shape index (κ2) is 12.7. The SMILES string of the molecule is CC(C)N(C(C)C)S(=O)(=O)c1ccc(NC(=O)c2ccccc2SC/C(F)=C/CNC(=O)O)cc1. The van der Waals surface area contributed by atoms with Crippen LogP contribution in [0.4, 0.5) is 14.9 Å². The number of halogens is 1. The van der Waals surface area contributed by atoms with E-state index in [0.29, 0.717) is 16.1 Å². The highest BCUT2D eigenvalue weighted by Crippen LogP contribution is 2.27. The molecule has 0 aromatic heterocycles. The van der Waals surface area contributed by atoms with Gasteiger partial charge < -0.3 is 15.7 Å². The Labute approximate surface area is 209 Å². The smallest absolute Gasteiger partial charge is 0.404 e. The van der Waals surface area contributed by atoms with Crippen LogP contribution in [-0.2, 0) is 10.0 Å². The van der Waals surface area contributed by atoms with Crippen LogP contribution in [-0.4, -0.2) is 54.2 Å². The third kappa shape index (κ3) is 8.08. The topological polar surface area (TPSA) is 116 Å². The summed E-state index contributed by atoms with van der Waals surface area (Å²) >= 11 is 1.10. The number of carboxylic acid groups (broad SMARTS) is 1. The number of rotatable bonds is 11. The standard InChI is InChI=1S/C24H30FN3O5S2/c1-16(2)28(17(3)4)35(32,33)20-11-9-19(10-12-20)27-23(29)21-7-5-6-8-22(21)34-15-18(25)13-14-26-24(30)31/h5-13,16-17,26H,14-15H2,1-4H3,(H,27,29)(H,30,31)/b18-13-. The molecule has 0 heterocycles. The summed E-state index contributed by atoms with van der Waals surface area (Å²) in [4.78, 5) is 24.0. The molecule has 2 aromatic rings. The van der Waals surface area contributed by atoms with Crippen molar-refractivity contribution in [2.75, 3.05) is 17.6 Å². The first-order chi connectivity index (χ1) is 16.4. The van der Waals surface area contributed by atoms with Gasteiger partial charge >= 0.3 is 6.09 Å². The molecule has 0 unspecified atom stereocenters. The summed E-state index contributed by atoms with van der Waals surface area (Å²) in [5.41, 5.74) is 0.747. The van der Waals surface area contributed by atoms with Gasteiger partial charge in [0.25, 0.3) is 5.91 Å². The van der Waals surface area contributed by atoms with Crippen molar-refractivity contribution >= 4 is 39.5 Å². The molecule has 0 aliphatic rings. The molecular formula is C24H30FN3O5S2. The van der Waals surface area contributed by atoms with Crippen molar-refractivity contribution in [3.63, 3.8) is 0 Å². The van der Waals surface area contributed by atoms with Crippen molar-refractivity contribution in [1.82, 2.24) is 9.62 Å². The Balaban J connectivity index is 2.12. The highest BCUT2D eigenvalue weighted by Gasteiger charge is 2.29. The molecule has 0 saturated heterocycles. The second-order valence-corrected chi connectivity index (χ2v) is 11.0. The Morgan fingerprint density at radius 2 is 1.66 bits per heavy atom. The predicted octanol–water partition coefficient (Wildman–Crippen LogP) is 4.96. The zero-order valence-electron chi connectivity index (χ0n) is 20.0. The van der Waals surface area contributed by atoms with Gasteiger partial charge in [-0.05, 0) is 70.2 Å². The average molecular weight is 524 g/mol. The number of thioether (sulfide) groups is 1. The molecular weight excluding hydrogens is 493 g/mol. The zero-order chi connectivity index (χ0) is 26.2. The summed E-state index contributed by atoms with van der Waals surface area (Å²) in [5.74, 6) is -1.01. The maximum Gasteiger partial charge on any atom is 0.404 e. The Morgan fingerprint density at radius 3 is 2.23 bits per heavy atom. The first-order valence-corrected chi connectivity index (χ1v) is 13.3. The summed E-state index contributed by atoms with van der Waals surface area (Å²) in [6.45, 7) is 7.11. The van der Waals surface area contributed by atoms with E-state index in [9.17, 15) is 22.4 Å². The molecule has 0 atom stereocenters. The zero-order valence-corrected chi connectivity index (χ0v) is 21.6. The monoisotopic (exact) mass is 523 g/mol. The maximum absolute atomic E-state index is 14.0. The maximum atomic E-state index is 14.0. The van der Waals surface area contributed by atoms with Crippen LogP contribution in [0.2, 0.25) is 0 Å². The molecule has 0 bridgehead atoms. The van der Waals surface area contributed by atoms with E-state index in [1.807, 2.05) is 33.0 Å². The van der Waals surface area contributed by atoms with Gasteiger partial charge in [0.2, 0.25) is 10.0 Å². The van der Waals surface area contributed by atoms with Crippen LogP contribution in [0.25, 0.3) is 0 Å². The van der Waals surface area contributed by atoms with E-state index in [-0.39, 0.29) is 29.3 Å². The second-order valence-electron chi connectivity index (χ2n) is 8.12. The van der Waals surface area contributed by atoms with Crippen molar-refractivity contribution in [3.05, 3.63) is 66.0 Å². The molecule has 35 heavy (non-hydrogen) atoms. The molecule has 11 heteroatoms. The number of hydrogen-bond donors (Lipinski definition) is 3. The van der Waals surface area contributed by atoms with Crippen LogP contribution in [0, 0.1) is 0 Å². The number of anilines is 1. The number of carbonyl (C=O) groups is 2. The molecule has 0 aliphatic heterocycles. The lowest BCUT2D eigenvalue weighted by Gasteiger charge is -2.29. The van der Waals surface area contributed by atoms with Gasteiger partial charge in [-0.25, -0.2) is 17.6 Å². The fraction of sp³-hybridized carbons (Fsp3) is 0.333. The van der Waals surface area contributed by atoms with Crippen LogP contribution in [0.15, 0.2) is 70.2 Å². The van der Waals surface area contributed by atoms with Gasteiger partial charge in [-0.1, -0.05) is 12.1 Å². The number of sulfonamides is 1. The summed E-state index contributed by atoms with van der Waals surface area (Å²) in [6.07, 6.45) is -0.120. The Hall–Kier alpha value is -2.89. The largest absolute Gasteiger partial charge is 0.465 e. The molecule has 0 radical (unpaired) electrons. The number of amides is 2. The van der Waals surface area contributed by atoms with Crippen molar-refractivity contribution in [1.29, 1.82) is 0 Å². The number of nitrogens with one attached hydrogen (secondary N) is 2. The number of carbonyl (C=O) groups excluding carboxylic acids is 1. The molecule has 2 rings (SSSR count). The number of benzene rings is 2. The van der Waals surface area contributed by atoms with Crippen molar-refractivity contribution in [2.24, 2.45) is 0 Å². The molecule has 3 N–H and O–H groups in total. The summed E-state index contributed by atoms with van der Waals surface area (Å²) < 4.78 is 41.4. The first-order valence-electron chi connectivity index (χ1n) is 10.9. The lowest BCUT2D eigenvalue weighted by molar-refractivity contribution is 0.102. The van der Waals surface area contributed by atoms with Gasteiger partial charge in [0, 0.05) is 35.0 Å². The normalized spacial score (nSPS) is 12.3. The van der Waals surface area contributed by atoms with Crippen molar-refractivity contribution < 1.29 is 27.5 Å². The van der Waals surface area contributed by atoms with Crippen LogP contribution in [0.1, 0.15) is 38.1 Å². The van der Waals surface area contributed by atoms with Crippen LogP contribution < -0.4 is 10.6 Å². The van der Waals surface area contributed by atoms with Gasteiger partial charge in [0.05, 0.1) is 10.5 Å². The highest BCUT2D eigenvalue weighted by molar-refractivity contribution is 7.99. The fourth-order valence-electron chi connectivity index (χ4n) is 3.42. The molecule has 0 saturated carbocycles. The average Bonchev–Trinajstić information content (AvgIpc) is 2.77. The molecule has 2 amide bonds. The van der Waals surface area contributed by atoms with E-state index in [0.717, 1.165) is 17.8 Å². The third-order valence-corrected chi connectivity index (χ3v) is 8.13. The Morgan fingerprint density at radius 1 is 1.06 bits per heavy atom. The van der Waals surface area contributed by atoms with Gasteiger partial charge in [-0.2, -0.15) is 4.31 Å². The van der Waals surface area contributed by atoms with Gasteiger partial charge in [-0.3, -0.25) is 4.79 Å². The molecule has 190 valence electrons. The molecule has 8 nitrogen and oxygen atoms in total. The number of hydrogen-bond acceptors (Lipinski definition) is 5. The summed E-state index contributed by atoms with van der Waals surface area (Å²) in [7, 11) is -3.69. The minimum Gasteiger partial charge on any atom is -0.465 e. The summed E-state index contributed by atoms with van der Waals surface area (Å²) in [5, 5.41) is 13.3.